The highest BCUT2D eigenvalue weighted by Gasteiger charge is 2.06. The van der Waals surface area contributed by atoms with Crippen LogP contribution in [-0.2, 0) is 7.05 Å². The fourth-order valence-electron chi connectivity index (χ4n) is 1.01. The van der Waals surface area contributed by atoms with Gasteiger partial charge >= 0.3 is 0 Å². The Labute approximate surface area is 76.3 Å². The van der Waals surface area contributed by atoms with E-state index in [1.54, 1.807) is 23.9 Å². The van der Waals surface area contributed by atoms with Crippen LogP contribution in [0.15, 0.2) is 6.08 Å². The van der Waals surface area contributed by atoms with Gasteiger partial charge in [0.15, 0.2) is 0 Å². The van der Waals surface area contributed by atoms with Crippen molar-refractivity contribution in [2.75, 3.05) is 6.61 Å². The molecule has 0 atom stereocenters. The summed E-state index contributed by atoms with van der Waals surface area (Å²) in [5.74, 6) is 0. The van der Waals surface area contributed by atoms with Gasteiger partial charge in [-0.15, -0.1) is 0 Å². The lowest BCUT2D eigenvalue weighted by molar-refractivity contribution is 0.343. The second-order valence-electron chi connectivity index (χ2n) is 2.50. The van der Waals surface area contributed by atoms with Crippen molar-refractivity contribution in [2.24, 2.45) is 7.05 Å². The van der Waals surface area contributed by atoms with Gasteiger partial charge in [0.05, 0.1) is 12.3 Å². The van der Waals surface area contributed by atoms with E-state index in [4.69, 9.17) is 16.7 Å². The first-order valence-corrected chi connectivity index (χ1v) is 4.01. The Balaban J connectivity index is 3.05. The van der Waals surface area contributed by atoms with E-state index in [-0.39, 0.29) is 6.61 Å². The topological polar surface area (TPSA) is 38.0 Å². The Kier molecular flexibility index (Phi) is 2.89. The third kappa shape index (κ3) is 1.68. The fraction of sp³-hybridized carbons (Fsp3) is 0.375. The smallest absolute Gasteiger partial charge is 0.134 e. The molecule has 66 valence electrons. The number of rotatable bonds is 2. The van der Waals surface area contributed by atoms with E-state index in [0.717, 1.165) is 11.3 Å². The summed E-state index contributed by atoms with van der Waals surface area (Å²) in [6.07, 6.45) is 3.40. The average molecular weight is 187 g/mol. The zero-order valence-corrected chi connectivity index (χ0v) is 7.84. The van der Waals surface area contributed by atoms with Gasteiger partial charge in [-0.3, -0.25) is 4.68 Å². The highest BCUT2D eigenvalue weighted by molar-refractivity contribution is 6.31. The van der Waals surface area contributed by atoms with Gasteiger partial charge in [-0.25, -0.2) is 0 Å². The first-order valence-electron chi connectivity index (χ1n) is 3.63. The molecule has 0 aliphatic carbocycles. The van der Waals surface area contributed by atoms with Crippen LogP contribution in [0.3, 0.4) is 0 Å². The largest absolute Gasteiger partial charge is 0.392 e. The molecule has 1 aromatic heterocycles. The van der Waals surface area contributed by atoms with Crippen molar-refractivity contribution in [3.05, 3.63) is 22.5 Å². The number of halogens is 1. The average Bonchev–Trinajstić information content (AvgIpc) is 2.25. The van der Waals surface area contributed by atoms with Gasteiger partial charge < -0.3 is 5.11 Å². The van der Waals surface area contributed by atoms with Crippen LogP contribution in [0.4, 0.5) is 0 Å². The van der Waals surface area contributed by atoms with Crippen LogP contribution in [0.25, 0.3) is 6.08 Å². The van der Waals surface area contributed by atoms with Crippen LogP contribution in [0.1, 0.15) is 11.3 Å². The first-order chi connectivity index (χ1) is 5.66. The van der Waals surface area contributed by atoms with E-state index in [9.17, 15) is 0 Å². The predicted molar refractivity (Wildman–Crippen MR) is 49.1 cm³/mol. The monoisotopic (exact) mass is 186 g/mol. The number of hydrogen-bond acceptors (Lipinski definition) is 2. The molecule has 0 radical (unpaired) electrons. The summed E-state index contributed by atoms with van der Waals surface area (Å²) in [7, 11) is 1.78. The van der Waals surface area contributed by atoms with Crippen molar-refractivity contribution in [2.45, 2.75) is 6.92 Å². The molecule has 4 heteroatoms. The molecule has 1 rings (SSSR count). The molecule has 0 aromatic carbocycles. The van der Waals surface area contributed by atoms with Gasteiger partial charge in [0, 0.05) is 12.6 Å². The van der Waals surface area contributed by atoms with Crippen molar-refractivity contribution >= 4 is 17.7 Å². The second-order valence-corrected chi connectivity index (χ2v) is 2.86. The summed E-state index contributed by atoms with van der Waals surface area (Å²) in [5.41, 5.74) is 1.74. The van der Waals surface area contributed by atoms with Crippen molar-refractivity contribution in [3.8, 4) is 0 Å². The maximum Gasteiger partial charge on any atom is 0.134 e. The normalized spacial score (nSPS) is 11.3. The number of aryl methyl sites for hydroxylation is 2. The molecule has 0 saturated carbocycles. The lowest BCUT2D eigenvalue weighted by Gasteiger charge is -1.90. The number of aromatic nitrogens is 2. The minimum Gasteiger partial charge on any atom is -0.392 e. The number of hydrogen-bond donors (Lipinski definition) is 1. The number of nitrogens with zero attached hydrogens (tertiary/aromatic N) is 2. The van der Waals surface area contributed by atoms with Crippen LogP contribution in [0.5, 0.6) is 0 Å². The molecule has 0 saturated heterocycles. The van der Waals surface area contributed by atoms with Gasteiger partial charge in [-0.1, -0.05) is 23.8 Å². The van der Waals surface area contributed by atoms with E-state index >= 15 is 0 Å². The molecule has 0 amide bonds. The molecule has 0 spiro atoms. The molecule has 3 nitrogen and oxygen atoms in total. The van der Waals surface area contributed by atoms with Crippen LogP contribution in [0, 0.1) is 6.92 Å². The summed E-state index contributed by atoms with van der Waals surface area (Å²) >= 11 is 5.92. The molecule has 0 aliphatic heterocycles. The molecular formula is C8H11ClN2O. The summed E-state index contributed by atoms with van der Waals surface area (Å²) in [6, 6.07) is 0. The molecule has 0 bridgehead atoms. The molecule has 0 unspecified atom stereocenters. The minimum absolute atomic E-state index is 0.0185. The Morgan fingerprint density at radius 2 is 2.33 bits per heavy atom. The lowest BCUT2D eigenvalue weighted by Crippen LogP contribution is -1.88. The maximum atomic E-state index is 8.56. The zero-order valence-electron chi connectivity index (χ0n) is 7.08. The van der Waals surface area contributed by atoms with E-state index in [1.165, 1.54) is 0 Å². The summed E-state index contributed by atoms with van der Waals surface area (Å²) in [4.78, 5) is 0. The Hall–Kier alpha value is -0.800. The molecule has 1 heterocycles. The van der Waals surface area contributed by atoms with Crippen molar-refractivity contribution in [1.82, 2.24) is 9.78 Å². The van der Waals surface area contributed by atoms with Crippen LogP contribution in [-0.4, -0.2) is 21.5 Å². The predicted octanol–water partition coefficient (Wildman–Crippen LogP) is 1.39. The van der Waals surface area contributed by atoms with Gasteiger partial charge in [-0.2, -0.15) is 5.10 Å². The van der Waals surface area contributed by atoms with E-state index in [1.807, 2.05) is 6.92 Å². The van der Waals surface area contributed by atoms with Crippen molar-refractivity contribution < 1.29 is 5.11 Å². The highest BCUT2D eigenvalue weighted by Crippen LogP contribution is 2.19. The maximum absolute atomic E-state index is 8.56. The minimum atomic E-state index is 0.0185. The van der Waals surface area contributed by atoms with Crippen LogP contribution >= 0.6 is 11.6 Å². The third-order valence-corrected chi connectivity index (χ3v) is 2.03. The molecule has 1 N–H and O–H groups in total. The van der Waals surface area contributed by atoms with Crippen molar-refractivity contribution in [1.29, 1.82) is 0 Å². The molecule has 0 fully saturated rings. The summed E-state index contributed by atoms with van der Waals surface area (Å²) in [5, 5.41) is 13.3. The van der Waals surface area contributed by atoms with Gasteiger partial charge in [0.2, 0.25) is 0 Å². The third-order valence-electron chi connectivity index (χ3n) is 1.59. The molecular weight excluding hydrogens is 176 g/mol. The van der Waals surface area contributed by atoms with E-state index < -0.39 is 0 Å². The standard InChI is InChI=1S/C8H11ClN2O/c1-6-7(4-3-5-12)8(9)11(2)10-6/h3-4,12H,5H2,1-2H3. The van der Waals surface area contributed by atoms with Crippen LogP contribution in [0.2, 0.25) is 5.15 Å². The molecule has 0 aliphatic rings. The van der Waals surface area contributed by atoms with E-state index in [2.05, 4.69) is 5.10 Å². The lowest BCUT2D eigenvalue weighted by atomic mass is 10.2. The van der Waals surface area contributed by atoms with E-state index in [0.29, 0.717) is 5.15 Å². The quantitative estimate of drug-likeness (QED) is 0.758. The summed E-state index contributed by atoms with van der Waals surface area (Å²) < 4.78 is 1.61. The Morgan fingerprint density at radius 1 is 1.67 bits per heavy atom. The van der Waals surface area contributed by atoms with Gasteiger partial charge in [0.25, 0.3) is 0 Å². The van der Waals surface area contributed by atoms with Gasteiger partial charge in [0.1, 0.15) is 5.15 Å². The molecule has 1 aromatic rings. The Bertz CT molecular complexity index is 304. The molecule has 12 heavy (non-hydrogen) atoms. The van der Waals surface area contributed by atoms with Crippen LogP contribution < -0.4 is 0 Å². The second kappa shape index (κ2) is 3.74. The zero-order chi connectivity index (χ0) is 9.14. The highest BCUT2D eigenvalue weighted by atomic mass is 35.5. The fourth-order valence-corrected chi connectivity index (χ4v) is 1.24. The number of aliphatic hydroxyl groups is 1. The SMILES string of the molecule is Cc1nn(C)c(Cl)c1C=CCO. The number of aliphatic hydroxyl groups excluding tert-OH is 1. The van der Waals surface area contributed by atoms with Gasteiger partial charge in [-0.05, 0) is 6.92 Å². The first kappa shape index (κ1) is 9.29. The summed E-state index contributed by atoms with van der Waals surface area (Å²) in [6.45, 7) is 1.90. The Morgan fingerprint density at radius 3 is 2.75 bits per heavy atom. The van der Waals surface area contributed by atoms with Crippen molar-refractivity contribution in [3.63, 3.8) is 0 Å².